The van der Waals surface area contributed by atoms with Gasteiger partial charge in [0.2, 0.25) is 0 Å². The zero-order valence-electron chi connectivity index (χ0n) is 15.6. The summed E-state index contributed by atoms with van der Waals surface area (Å²) in [5.74, 6) is 4.95. The van der Waals surface area contributed by atoms with Gasteiger partial charge in [-0.15, -0.1) is 0 Å². The van der Waals surface area contributed by atoms with Crippen molar-refractivity contribution in [1.82, 2.24) is 4.90 Å². The molecule has 2 atom stereocenters. The number of carbonyl (C=O) groups is 1. The molecule has 1 aromatic rings. The van der Waals surface area contributed by atoms with E-state index in [2.05, 4.69) is 17.9 Å². The van der Waals surface area contributed by atoms with Gasteiger partial charge in [0.1, 0.15) is 5.76 Å². The smallest absolute Gasteiger partial charge is 0.290 e. The monoisotopic (exact) mass is 352 g/mol. The molecule has 5 saturated carbocycles. The third-order valence-corrected chi connectivity index (χ3v) is 7.58. The predicted octanol–water partition coefficient (Wildman–Crippen LogP) is 4.73. The van der Waals surface area contributed by atoms with Gasteiger partial charge in [0, 0.05) is 18.0 Å². The third kappa shape index (κ3) is 2.59. The summed E-state index contributed by atoms with van der Waals surface area (Å²) in [6.45, 7) is 2.76. The first-order valence-corrected chi connectivity index (χ1v) is 10.4. The minimum atomic E-state index is -0.0253. The van der Waals surface area contributed by atoms with Gasteiger partial charge < -0.3 is 9.32 Å². The highest BCUT2D eigenvalue weighted by atomic mass is 16.4. The molecule has 1 amide bonds. The third-order valence-electron chi connectivity index (χ3n) is 7.58. The Morgan fingerprint density at radius 3 is 2.35 bits per heavy atom. The van der Waals surface area contributed by atoms with Crippen molar-refractivity contribution in [3.63, 3.8) is 0 Å². The van der Waals surface area contributed by atoms with E-state index in [9.17, 15) is 4.79 Å². The Morgan fingerprint density at radius 2 is 1.81 bits per heavy atom. The fourth-order valence-electron chi connectivity index (χ4n) is 6.63. The van der Waals surface area contributed by atoms with Gasteiger partial charge in [-0.05, 0) is 80.8 Å². The first-order valence-electron chi connectivity index (χ1n) is 10.4. The summed E-state index contributed by atoms with van der Waals surface area (Å²) in [6, 6.07) is 6.10. The van der Waals surface area contributed by atoms with Crippen molar-refractivity contribution in [3.8, 4) is 6.07 Å². The molecular formula is C22H28N2O2. The number of furan rings is 1. The van der Waals surface area contributed by atoms with E-state index in [1.807, 2.05) is 12.1 Å². The first kappa shape index (κ1) is 16.4. The van der Waals surface area contributed by atoms with Gasteiger partial charge in [-0.3, -0.25) is 4.79 Å². The first-order chi connectivity index (χ1) is 12.6. The van der Waals surface area contributed by atoms with E-state index >= 15 is 0 Å². The van der Waals surface area contributed by atoms with E-state index in [4.69, 9.17) is 9.68 Å². The van der Waals surface area contributed by atoms with Crippen LogP contribution in [0.3, 0.4) is 0 Å². The molecule has 0 radical (unpaired) electrons. The Kier molecular flexibility index (Phi) is 3.71. The molecule has 138 valence electrons. The lowest BCUT2D eigenvalue weighted by Crippen LogP contribution is -2.61. The molecule has 4 heteroatoms. The summed E-state index contributed by atoms with van der Waals surface area (Å²) in [6.07, 6.45) is 9.00. The second kappa shape index (κ2) is 5.87. The van der Waals surface area contributed by atoms with Gasteiger partial charge in [-0.2, -0.15) is 5.26 Å². The van der Waals surface area contributed by atoms with E-state index in [1.54, 1.807) is 0 Å². The van der Waals surface area contributed by atoms with Gasteiger partial charge in [0.15, 0.2) is 5.76 Å². The maximum atomic E-state index is 13.4. The molecule has 0 unspecified atom stereocenters. The van der Waals surface area contributed by atoms with E-state index in [0.29, 0.717) is 30.6 Å². The average molecular weight is 352 g/mol. The number of rotatable bonds is 5. The second-order valence-electron chi connectivity index (χ2n) is 9.53. The molecule has 6 rings (SSSR count). The highest BCUT2D eigenvalue weighted by Gasteiger charge is 2.55. The van der Waals surface area contributed by atoms with Gasteiger partial charge >= 0.3 is 0 Å². The largest absolute Gasteiger partial charge is 0.456 e. The van der Waals surface area contributed by atoms with Crippen molar-refractivity contribution in [2.75, 3.05) is 6.54 Å². The lowest BCUT2D eigenvalue weighted by Gasteiger charge is -2.60. The summed E-state index contributed by atoms with van der Waals surface area (Å²) in [4.78, 5) is 15.5. The molecule has 4 nitrogen and oxygen atoms in total. The fraction of sp³-hybridized carbons (Fsp3) is 0.727. The lowest BCUT2D eigenvalue weighted by atomic mass is 9.52. The predicted molar refractivity (Wildman–Crippen MR) is 97.4 cm³/mol. The number of nitrogens with zero attached hydrogens (tertiary/aromatic N) is 2. The van der Waals surface area contributed by atoms with E-state index in [1.165, 1.54) is 19.3 Å². The molecule has 5 aliphatic carbocycles. The quantitative estimate of drug-likeness (QED) is 0.770. The molecule has 0 N–H and O–H groups in total. The highest BCUT2D eigenvalue weighted by Crippen LogP contribution is 2.58. The summed E-state index contributed by atoms with van der Waals surface area (Å²) >= 11 is 0. The van der Waals surface area contributed by atoms with Crippen LogP contribution in [0.25, 0.3) is 0 Å². The van der Waals surface area contributed by atoms with Crippen LogP contribution in [-0.4, -0.2) is 22.9 Å². The maximum Gasteiger partial charge on any atom is 0.290 e. The average Bonchev–Trinajstić information content (AvgIpc) is 3.13. The van der Waals surface area contributed by atoms with Crippen LogP contribution in [-0.2, 0) is 0 Å². The minimum Gasteiger partial charge on any atom is -0.456 e. The van der Waals surface area contributed by atoms with Gasteiger partial charge in [-0.25, -0.2) is 0 Å². The molecule has 26 heavy (non-hydrogen) atoms. The maximum absolute atomic E-state index is 13.4. The van der Waals surface area contributed by atoms with Gasteiger partial charge in [0.25, 0.3) is 5.91 Å². The molecule has 0 aliphatic heterocycles. The second-order valence-corrected chi connectivity index (χ2v) is 9.53. The van der Waals surface area contributed by atoms with Gasteiger partial charge in [0.05, 0.1) is 12.5 Å². The van der Waals surface area contributed by atoms with Crippen molar-refractivity contribution in [2.45, 2.75) is 69.7 Å². The van der Waals surface area contributed by atoms with E-state index in [-0.39, 0.29) is 11.4 Å². The summed E-state index contributed by atoms with van der Waals surface area (Å²) in [5.41, 5.74) is -0.0253. The molecule has 0 aromatic carbocycles. The SMILES string of the molecule is C[C@H]1C[C@@H]1c1ccc(C(=O)N(CCC#N)C23CC4CC(CC(C4)C2)C3)o1. The molecule has 5 fully saturated rings. The zero-order valence-corrected chi connectivity index (χ0v) is 15.6. The Balaban J connectivity index is 1.43. The van der Waals surface area contributed by atoms with Crippen molar-refractivity contribution in [1.29, 1.82) is 5.26 Å². The van der Waals surface area contributed by atoms with Crippen molar-refractivity contribution in [3.05, 3.63) is 23.7 Å². The van der Waals surface area contributed by atoms with Crippen molar-refractivity contribution in [2.24, 2.45) is 23.7 Å². The standard InChI is InChI=1S/C22H28N2O2/c1-14-7-18(14)19-3-4-20(26-19)21(25)24(6-2-5-23)22-11-15-8-16(12-22)10-17(9-15)13-22/h3-4,14-18H,2,6-13H2,1H3/t14-,15?,16?,17?,18-,22?/m0/s1. The van der Waals surface area contributed by atoms with Crippen LogP contribution in [0.15, 0.2) is 16.5 Å². The van der Waals surface area contributed by atoms with E-state index < -0.39 is 0 Å². The minimum absolute atomic E-state index is 0.0155. The van der Waals surface area contributed by atoms with Crippen LogP contribution >= 0.6 is 0 Å². The van der Waals surface area contributed by atoms with Crippen LogP contribution in [0.2, 0.25) is 0 Å². The molecule has 4 bridgehead atoms. The molecule has 0 spiro atoms. The normalized spacial score (nSPS) is 39.6. The summed E-state index contributed by atoms with van der Waals surface area (Å²) < 4.78 is 5.99. The Morgan fingerprint density at radius 1 is 1.19 bits per heavy atom. The number of hydrogen-bond donors (Lipinski definition) is 0. The lowest BCUT2D eigenvalue weighted by molar-refractivity contribution is -0.0748. The Bertz CT molecular complexity index is 723. The molecule has 1 heterocycles. The van der Waals surface area contributed by atoms with E-state index in [0.717, 1.165) is 49.2 Å². The topological polar surface area (TPSA) is 57.2 Å². The van der Waals surface area contributed by atoms with Crippen LogP contribution in [0.1, 0.15) is 80.5 Å². The van der Waals surface area contributed by atoms with Gasteiger partial charge in [-0.1, -0.05) is 6.92 Å². The van der Waals surface area contributed by atoms with Crippen molar-refractivity contribution >= 4 is 5.91 Å². The van der Waals surface area contributed by atoms with Crippen LogP contribution in [0, 0.1) is 35.0 Å². The molecule has 5 aliphatic rings. The summed E-state index contributed by atoms with van der Waals surface area (Å²) in [7, 11) is 0. The number of hydrogen-bond acceptors (Lipinski definition) is 3. The van der Waals surface area contributed by atoms with Crippen molar-refractivity contribution < 1.29 is 9.21 Å². The molecule has 0 saturated heterocycles. The number of amides is 1. The molecule has 1 aromatic heterocycles. The Labute approximate surface area is 155 Å². The zero-order chi connectivity index (χ0) is 17.9. The van der Waals surface area contributed by atoms with Crippen LogP contribution < -0.4 is 0 Å². The number of carbonyl (C=O) groups excluding carboxylic acids is 1. The summed E-state index contributed by atoms with van der Waals surface area (Å²) in [5, 5.41) is 9.15. The fourth-order valence-corrected chi connectivity index (χ4v) is 6.63. The number of nitriles is 1. The van der Waals surface area contributed by atoms with Crippen LogP contribution in [0.5, 0.6) is 0 Å². The Hall–Kier alpha value is -1.76. The van der Waals surface area contributed by atoms with Crippen LogP contribution in [0.4, 0.5) is 0 Å². The molecular weight excluding hydrogens is 324 g/mol. The highest BCUT2D eigenvalue weighted by molar-refractivity contribution is 5.92.